The van der Waals surface area contributed by atoms with Crippen molar-refractivity contribution in [1.82, 2.24) is 0 Å². The fourth-order valence-corrected chi connectivity index (χ4v) is 2.11. The van der Waals surface area contributed by atoms with Crippen molar-refractivity contribution in [2.45, 2.75) is 6.54 Å². The summed E-state index contributed by atoms with van der Waals surface area (Å²) in [5.41, 5.74) is 6.75. The largest absolute Gasteiger partial charge is 0.478 e. The molecule has 4 N–H and O–H groups in total. The monoisotopic (exact) mass is 294 g/mol. The van der Waals surface area contributed by atoms with Crippen molar-refractivity contribution in [3.63, 3.8) is 0 Å². The van der Waals surface area contributed by atoms with Crippen LogP contribution in [0.1, 0.15) is 15.9 Å². The van der Waals surface area contributed by atoms with Gasteiger partial charge in [0.1, 0.15) is 5.82 Å². The smallest absolute Gasteiger partial charge is 0.337 e. The van der Waals surface area contributed by atoms with Crippen molar-refractivity contribution in [2.24, 2.45) is 0 Å². The average molecular weight is 295 g/mol. The summed E-state index contributed by atoms with van der Waals surface area (Å²) in [7, 11) is 0. The number of hydrogen-bond donors (Lipinski definition) is 3. The van der Waals surface area contributed by atoms with Crippen LogP contribution in [0.2, 0.25) is 5.02 Å². The normalized spacial score (nSPS) is 10.3. The molecule has 2 aromatic carbocycles. The molecule has 4 nitrogen and oxygen atoms in total. The summed E-state index contributed by atoms with van der Waals surface area (Å²) >= 11 is 6.00. The SMILES string of the molecule is Nc1cc(Cl)c(NCc2cccc(F)c2)c(C(=O)O)c1. The molecule has 104 valence electrons. The van der Waals surface area contributed by atoms with Crippen LogP contribution in [-0.2, 0) is 6.54 Å². The number of carboxylic acids is 1. The Kier molecular flexibility index (Phi) is 4.10. The van der Waals surface area contributed by atoms with Gasteiger partial charge < -0.3 is 16.2 Å². The molecule has 0 fully saturated rings. The van der Waals surface area contributed by atoms with Crippen LogP contribution in [0.3, 0.4) is 0 Å². The first-order chi connectivity index (χ1) is 9.47. The first-order valence-electron chi connectivity index (χ1n) is 5.78. The number of anilines is 2. The molecule has 0 aliphatic rings. The first-order valence-corrected chi connectivity index (χ1v) is 6.16. The third kappa shape index (κ3) is 3.19. The fraction of sp³-hybridized carbons (Fsp3) is 0.0714. The van der Waals surface area contributed by atoms with Gasteiger partial charge in [-0.25, -0.2) is 9.18 Å². The molecule has 0 bridgehead atoms. The van der Waals surface area contributed by atoms with Gasteiger partial charge in [0, 0.05) is 12.2 Å². The molecule has 6 heteroatoms. The number of aromatic carboxylic acids is 1. The van der Waals surface area contributed by atoms with Crippen molar-refractivity contribution in [3.8, 4) is 0 Å². The predicted molar refractivity (Wildman–Crippen MR) is 76.6 cm³/mol. The average Bonchev–Trinajstić information content (AvgIpc) is 2.36. The highest BCUT2D eigenvalue weighted by molar-refractivity contribution is 6.34. The van der Waals surface area contributed by atoms with E-state index in [2.05, 4.69) is 5.32 Å². The van der Waals surface area contributed by atoms with Crippen molar-refractivity contribution in [3.05, 3.63) is 58.4 Å². The Morgan fingerprint density at radius 3 is 2.75 bits per heavy atom. The summed E-state index contributed by atoms with van der Waals surface area (Å²) in [6.07, 6.45) is 0. The topological polar surface area (TPSA) is 75.3 Å². The number of nitrogens with one attached hydrogen (secondary N) is 1. The maximum atomic E-state index is 13.1. The van der Waals surface area contributed by atoms with E-state index in [1.807, 2.05) is 0 Å². The van der Waals surface area contributed by atoms with Crippen LogP contribution in [0.5, 0.6) is 0 Å². The van der Waals surface area contributed by atoms with Gasteiger partial charge in [0.05, 0.1) is 16.3 Å². The molecule has 0 aliphatic carbocycles. The Morgan fingerprint density at radius 2 is 2.10 bits per heavy atom. The summed E-state index contributed by atoms with van der Waals surface area (Å²) < 4.78 is 13.1. The summed E-state index contributed by atoms with van der Waals surface area (Å²) in [5, 5.41) is 12.2. The van der Waals surface area contributed by atoms with E-state index in [0.29, 0.717) is 5.56 Å². The van der Waals surface area contributed by atoms with Gasteiger partial charge in [0.25, 0.3) is 0 Å². The number of benzene rings is 2. The van der Waals surface area contributed by atoms with Crippen LogP contribution in [-0.4, -0.2) is 11.1 Å². The van der Waals surface area contributed by atoms with Crippen LogP contribution < -0.4 is 11.1 Å². The van der Waals surface area contributed by atoms with Gasteiger partial charge in [-0.15, -0.1) is 0 Å². The van der Waals surface area contributed by atoms with Crippen molar-refractivity contribution >= 4 is 28.9 Å². The van der Waals surface area contributed by atoms with E-state index in [4.69, 9.17) is 22.4 Å². The number of nitrogen functional groups attached to an aromatic ring is 1. The van der Waals surface area contributed by atoms with E-state index in [-0.39, 0.29) is 34.3 Å². The molecule has 0 saturated heterocycles. The van der Waals surface area contributed by atoms with Crippen LogP contribution in [0.15, 0.2) is 36.4 Å². The number of hydrogen-bond acceptors (Lipinski definition) is 3. The predicted octanol–water partition coefficient (Wildman–Crippen LogP) is 3.37. The lowest BCUT2D eigenvalue weighted by Gasteiger charge is -2.12. The molecule has 0 radical (unpaired) electrons. The molecule has 0 heterocycles. The number of rotatable bonds is 4. The quantitative estimate of drug-likeness (QED) is 0.756. The molecule has 2 rings (SSSR count). The van der Waals surface area contributed by atoms with Crippen molar-refractivity contribution in [2.75, 3.05) is 11.1 Å². The van der Waals surface area contributed by atoms with Gasteiger partial charge in [0.2, 0.25) is 0 Å². The zero-order valence-corrected chi connectivity index (χ0v) is 11.1. The van der Waals surface area contributed by atoms with Crippen LogP contribution >= 0.6 is 11.6 Å². The Hall–Kier alpha value is -2.27. The highest BCUT2D eigenvalue weighted by atomic mass is 35.5. The third-order valence-electron chi connectivity index (χ3n) is 2.70. The summed E-state index contributed by atoms with van der Waals surface area (Å²) in [6, 6.07) is 8.78. The molecular formula is C14H12ClFN2O2. The molecule has 0 unspecified atom stereocenters. The molecule has 0 saturated carbocycles. The van der Waals surface area contributed by atoms with Gasteiger partial charge in [-0.2, -0.15) is 0 Å². The molecule has 20 heavy (non-hydrogen) atoms. The lowest BCUT2D eigenvalue weighted by Crippen LogP contribution is -2.08. The van der Waals surface area contributed by atoms with Crippen LogP contribution in [0.25, 0.3) is 0 Å². The minimum absolute atomic E-state index is 0.0218. The first kappa shape index (κ1) is 14.1. The molecule has 0 aliphatic heterocycles. The van der Waals surface area contributed by atoms with E-state index in [1.54, 1.807) is 12.1 Å². The third-order valence-corrected chi connectivity index (χ3v) is 3.00. The van der Waals surface area contributed by atoms with Crippen LogP contribution in [0, 0.1) is 5.82 Å². The molecule has 0 amide bonds. The second-order valence-corrected chi connectivity index (χ2v) is 4.62. The molecule has 0 atom stereocenters. The summed E-state index contributed by atoms with van der Waals surface area (Å²) in [6.45, 7) is 0.252. The Labute approximate surface area is 120 Å². The van der Waals surface area contributed by atoms with E-state index in [1.165, 1.54) is 24.3 Å². The summed E-state index contributed by atoms with van der Waals surface area (Å²) in [4.78, 5) is 11.2. The number of halogens is 2. The molecule has 0 aromatic heterocycles. The lowest BCUT2D eigenvalue weighted by atomic mass is 10.1. The Bertz CT molecular complexity index is 662. The van der Waals surface area contributed by atoms with Gasteiger partial charge >= 0.3 is 5.97 Å². The lowest BCUT2D eigenvalue weighted by molar-refractivity contribution is 0.0698. The fourth-order valence-electron chi connectivity index (χ4n) is 1.81. The van der Waals surface area contributed by atoms with E-state index >= 15 is 0 Å². The Balaban J connectivity index is 2.27. The van der Waals surface area contributed by atoms with Gasteiger partial charge in [-0.1, -0.05) is 23.7 Å². The highest BCUT2D eigenvalue weighted by Crippen LogP contribution is 2.29. The number of carboxylic acid groups (broad SMARTS) is 1. The maximum Gasteiger partial charge on any atom is 0.337 e. The minimum atomic E-state index is -1.14. The van der Waals surface area contributed by atoms with E-state index in [0.717, 1.165) is 0 Å². The second kappa shape index (κ2) is 5.79. The summed E-state index contributed by atoms with van der Waals surface area (Å²) in [5.74, 6) is -1.49. The van der Waals surface area contributed by atoms with E-state index < -0.39 is 5.97 Å². The molecule has 2 aromatic rings. The zero-order chi connectivity index (χ0) is 14.7. The zero-order valence-electron chi connectivity index (χ0n) is 10.4. The number of nitrogens with two attached hydrogens (primary N) is 1. The standard InChI is InChI=1S/C14H12ClFN2O2/c15-12-6-10(17)5-11(14(19)20)13(12)18-7-8-2-1-3-9(16)4-8/h1-6,18H,7,17H2,(H,19,20). The highest BCUT2D eigenvalue weighted by Gasteiger charge is 2.14. The minimum Gasteiger partial charge on any atom is -0.478 e. The Morgan fingerprint density at radius 1 is 1.35 bits per heavy atom. The second-order valence-electron chi connectivity index (χ2n) is 4.21. The van der Waals surface area contributed by atoms with Gasteiger partial charge in [-0.3, -0.25) is 0 Å². The van der Waals surface area contributed by atoms with E-state index in [9.17, 15) is 9.18 Å². The molecular weight excluding hydrogens is 283 g/mol. The molecule has 0 spiro atoms. The van der Waals surface area contributed by atoms with Gasteiger partial charge in [-0.05, 0) is 29.8 Å². The van der Waals surface area contributed by atoms with Crippen molar-refractivity contribution in [1.29, 1.82) is 0 Å². The van der Waals surface area contributed by atoms with Gasteiger partial charge in [0.15, 0.2) is 0 Å². The van der Waals surface area contributed by atoms with Crippen LogP contribution in [0.4, 0.5) is 15.8 Å². The maximum absolute atomic E-state index is 13.1. The van der Waals surface area contributed by atoms with Crippen molar-refractivity contribution < 1.29 is 14.3 Å². The number of carbonyl (C=O) groups is 1.